The molecule has 5 rings (SSSR count). The lowest BCUT2D eigenvalue weighted by atomic mass is 10.0. The summed E-state index contributed by atoms with van der Waals surface area (Å²) in [5.74, 6) is 0.680. The number of nitrogens with zero attached hydrogens (tertiary/aromatic N) is 3. The van der Waals surface area contributed by atoms with Crippen molar-refractivity contribution in [3.63, 3.8) is 0 Å². The molecule has 5 nitrogen and oxygen atoms in total. The number of thiophene rings is 1. The molecule has 0 saturated heterocycles. The van der Waals surface area contributed by atoms with E-state index in [0.29, 0.717) is 23.4 Å². The van der Waals surface area contributed by atoms with Gasteiger partial charge in [-0.05, 0) is 12.5 Å². The summed E-state index contributed by atoms with van der Waals surface area (Å²) in [5, 5.41) is 4.80. The van der Waals surface area contributed by atoms with Crippen molar-refractivity contribution >= 4 is 21.6 Å². The lowest BCUT2D eigenvalue weighted by Crippen LogP contribution is -2.21. The van der Waals surface area contributed by atoms with E-state index in [1.165, 1.54) is 0 Å². The molecule has 0 spiro atoms. The topological polar surface area (TPSA) is 60.9 Å². The lowest BCUT2D eigenvalue weighted by Gasteiger charge is -2.05. The molecule has 0 N–H and O–H groups in total. The molecule has 0 saturated carbocycles. The van der Waals surface area contributed by atoms with Crippen molar-refractivity contribution in [1.82, 2.24) is 14.7 Å². The Morgan fingerprint density at radius 3 is 2.41 bits per heavy atom. The third kappa shape index (κ3) is 3.17. The number of hydrogen-bond acceptors (Lipinski definition) is 5. The van der Waals surface area contributed by atoms with Crippen LogP contribution in [0.4, 0.5) is 0 Å². The van der Waals surface area contributed by atoms with E-state index in [-0.39, 0.29) is 5.56 Å². The smallest absolute Gasteiger partial charge is 0.263 e. The van der Waals surface area contributed by atoms with E-state index < -0.39 is 0 Å². The number of hydrogen-bond donors (Lipinski definition) is 0. The number of rotatable bonds is 4. The first-order valence-corrected chi connectivity index (χ1v) is 10.1. The van der Waals surface area contributed by atoms with E-state index in [9.17, 15) is 4.79 Å². The second-order valence-electron chi connectivity index (χ2n) is 6.81. The Hall–Kier alpha value is -3.51. The van der Waals surface area contributed by atoms with Gasteiger partial charge in [-0.25, -0.2) is 4.98 Å². The van der Waals surface area contributed by atoms with Crippen molar-refractivity contribution in [3.8, 4) is 22.5 Å². The molecule has 0 atom stereocenters. The molecule has 3 aromatic heterocycles. The minimum Gasteiger partial charge on any atom is -0.356 e. The van der Waals surface area contributed by atoms with Gasteiger partial charge in [0.2, 0.25) is 0 Å². The second kappa shape index (κ2) is 7.14. The monoisotopic (exact) mass is 399 g/mol. The van der Waals surface area contributed by atoms with Crippen LogP contribution in [0.1, 0.15) is 10.6 Å². The van der Waals surface area contributed by atoms with Gasteiger partial charge in [0.05, 0.1) is 18.3 Å². The zero-order chi connectivity index (χ0) is 19.8. The highest BCUT2D eigenvalue weighted by Crippen LogP contribution is 2.35. The molecule has 0 bridgehead atoms. The summed E-state index contributed by atoms with van der Waals surface area (Å²) < 4.78 is 7.05. The van der Waals surface area contributed by atoms with Crippen molar-refractivity contribution in [2.24, 2.45) is 0 Å². The molecular weight excluding hydrogens is 382 g/mol. The molecule has 0 aliphatic carbocycles. The highest BCUT2D eigenvalue weighted by Gasteiger charge is 2.17. The summed E-state index contributed by atoms with van der Waals surface area (Å²) in [7, 11) is 0. The molecule has 142 valence electrons. The predicted octanol–water partition coefficient (Wildman–Crippen LogP) is 5.14. The van der Waals surface area contributed by atoms with Crippen molar-refractivity contribution in [2.75, 3.05) is 0 Å². The lowest BCUT2D eigenvalue weighted by molar-refractivity contribution is 0.420. The summed E-state index contributed by atoms with van der Waals surface area (Å²) in [4.78, 5) is 19.7. The second-order valence-corrected chi connectivity index (χ2v) is 8.01. The van der Waals surface area contributed by atoms with Gasteiger partial charge < -0.3 is 4.52 Å². The van der Waals surface area contributed by atoms with E-state index in [0.717, 1.165) is 26.4 Å². The molecule has 0 aliphatic heterocycles. The third-order valence-corrected chi connectivity index (χ3v) is 5.88. The van der Waals surface area contributed by atoms with Crippen LogP contribution < -0.4 is 5.56 Å². The highest BCUT2D eigenvalue weighted by molar-refractivity contribution is 7.19. The van der Waals surface area contributed by atoms with Gasteiger partial charge in [0.15, 0.2) is 5.76 Å². The van der Waals surface area contributed by atoms with E-state index in [4.69, 9.17) is 4.52 Å². The Morgan fingerprint density at radius 2 is 1.69 bits per heavy atom. The molecule has 0 unspecified atom stereocenters. The van der Waals surface area contributed by atoms with Gasteiger partial charge in [0.1, 0.15) is 10.5 Å². The van der Waals surface area contributed by atoms with Crippen molar-refractivity contribution in [2.45, 2.75) is 13.5 Å². The molecule has 0 amide bonds. The Balaban J connectivity index is 1.56. The third-order valence-electron chi connectivity index (χ3n) is 4.87. The van der Waals surface area contributed by atoms with Crippen molar-refractivity contribution in [3.05, 3.63) is 94.0 Å². The van der Waals surface area contributed by atoms with Gasteiger partial charge in [-0.3, -0.25) is 9.36 Å². The first-order valence-electron chi connectivity index (χ1n) is 9.25. The Kier molecular flexibility index (Phi) is 4.33. The van der Waals surface area contributed by atoms with Gasteiger partial charge in [-0.15, -0.1) is 11.3 Å². The first-order chi connectivity index (χ1) is 14.2. The summed E-state index contributed by atoms with van der Waals surface area (Å²) in [6.45, 7) is 2.34. The fourth-order valence-electron chi connectivity index (χ4n) is 3.50. The molecule has 0 radical (unpaired) electrons. The minimum atomic E-state index is -0.0672. The van der Waals surface area contributed by atoms with Crippen molar-refractivity contribution < 1.29 is 4.52 Å². The van der Waals surface area contributed by atoms with Crippen molar-refractivity contribution in [1.29, 1.82) is 0 Å². The highest BCUT2D eigenvalue weighted by atomic mass is 32.1. The van der Waals surface area contributed by atoms with Crippen LogP contribution in [-0.2, 0) is 6.54 Å². The quantitative estimate of drug-likeness (QED) is 0.420. The SMILES string of the molecule is Cc1sc2ncn(Cc3cc(-c4ccccc4)on3)c(=O)c2c1-c1ccccc1. The standard InChI is InChI=1S/C23H17N3O2S/c1-15-20(17-10-6-3-7-11-17)21-22(29-15)24-14-26(23(21)27)13-18-12-19(28-25-18)16-8-4-2-5-9-16/h2-12,14H,13H2,1H3. The van der Waals surface area contributed by atoms with Gasteiger partial charge in [0, 0.05) is 22.1 Å². The largest absolute Gasteiger partial charge is 0.356 e. The van der Waals surface area contributed by atoms with E-state index in [1.807, 2.05) is 73.7 Å². The molecule has 29 heavy (non-hydrogen) atoms. The molecule has 0 fully saturated rings. The van der Waals surface area contributed by atoms with Gasteiger partial charge >= 0.3 is 0 Å². The number of aromatic nitrogens is 3. The minimum absolute atomic E-state index is 0.0672. The fourth-order valence-corrected chi connectivity index (χ4v) is 4.51. The van der Waals surface area contributed by atoms with Crippen LogP contribution in [0.3, 0.4) is 0 Å². The number of aryl methyl sites for hydroxylation is 1. The summed E-state index contributed by atoms with van der Waals surface area (Å²) in [6, 6.07) is 21.6. The van der Waals surface area contributed by atoms with Crippen LogP contribution in [-0.4, -0.2) is 14.7 Å². The Labute approximate surface area is 170 Å². The number of benzene rings is 2. The Morgan fingerprint density at radius 1 is 1.00 bits per heavy atom. The zero-order valence-electron chi connectivity index (χ0n) is 15.7. The normalized spacial score (nSPS) is 11.2. The number of fused-ring (bicyclic) bond motifs is 1. The molecule has 2 aromatic carbocycles. The van der Waals surface area contributed by atoms with Crippen LogP contribution in [0.5, 0.6) is 0 Å². The van der Waals surface area contributed by atoms with E-state index in [2.05, 4.69) is 10.1 Å². The van der Waals surface area contributed by atoms with Gasteiger partial charge in [0.25, 0.3) is 5.56 Å². The van der Waals surface area contributed by atoms with Crippen LogP contribution in [0.2, 0.25) is 0 Å². The average molecular weight is 399 g/mol. The predicted molar refractivity (Wildman–Crippen MR) is 115 cm³/mol. The van der Waals surface area contributed by atoms with E-state index >= 15 is 0 Å². The summed E-state index contributed by atoms with van der Waals surface area (Å²) in [5.41, 5.74) is 3.55. The van der Waals surface area contributed by atoms with Gasteiger partial charge in [-0.2, -0.15) is 0 Å². The van der Waals surface area contributed by atoms with Crippen LogP contribution in [0, 0.1) is 6.92 Å². The maximum atomic E-state index is 13.3. The molecular formula is C23H17N3O2S. The molecule has 3 heterocycles. The van der Waals surface area contributed by atoms with Crippen LogP contribution in [0.25, 0.3) is 32.7 Å². The first kappa shape index (κ1) is 17.6. The van der Waals surface area contributed by atoms with Gasteiger partial charge in [-0.1, -0.05) is 65.8 Å². The summed E-state index contributed by atoms with van der Waals surface area (Å²) >= 11 is 1.55. The molecule has 0 aliphatic rings. The maximum Gasteiger partial charge on any atom is 0.263 e. The molecule has 5 aromatic rings. The maximum absolute atomic E-state index is 13.3. The summed E-state index contributed by atoms with van der Waals surface area (Å²) in [6.07, 6.45) is 1.59. The zero-order valence-corrected chi connectivity index (χ0v) is 16.5. The average Bonchev–Trinajstić information content (AvgIpc) is 3.36. The molecule has 6 heteroatoms. The van der Waals surface area contributed by atoms with Crippen LogP contribution >= 0.6 is 11.3 Å². The van der Waals surface area contributed by atoms with Crippen LogP contribution in [0.15, 0.2) is 82.4 Å². The Bertz CT molecular complexity index is 1350. The fraction of sp³-hybridized carbons (Fsp3) is 0.0870. The van der Waals surface area contributed by atoms with E-state index in [1.54, 1.807) is 22.2 Å².